The molecule has 0 atom stereocenters. The van der Waals surface area contributed by atoms with Crippen molar-refractivity contribution in [1.29, 1.82) is 0 Å². The Kier molecular flexibility index (Phi) is 3.01. The molecule has 0 nitrogen and oxygen atoms in total. The molecular weight excluding hydrogens is 148 g/mol. The lowest BCUT2D eigenvalue weighted by molar-refractivity contribution is 1.48. The molecule has 0 unspecified atom stereocenters. The highest BCUT2D eigenvalue weighted by atomic mass is 33.1. The first-order chi connectivity index (χ1) is 4.43. The average Bonchev–Trinajstić information content (AvgIpc) is 1.91. The van der Waals surface area contributed by atoms with Crippen LogP contribution in [0, 0.1) is 6.26 Å². The highest BCUT2D eigenvalue weighted by Crippen LogP contribution is 2.28. The van der Waals surface area contributed by atoms with Crippen LogP contribution in [0.5, 0.6) is 0 Å². The molecule has 0 aliphatic rings. The molecule has 0 bridgehead atoms. The Hall–Kier alpha value is -0.0800. The normalized spacial score (nSPS) is 9.44. The summed E-state index contributed by atoms with van der Waals surface area (Å²) in [6, 6.07) is 10.2. The molecule has 0 aliphatic heterocycles. The standard InChI is InChI=1S/C7H7S2/c1-8-9-7-5-3-2-4-6-7/h2-6H,1H2. The lowest BCUT2D eigenvalue weighted by atomic mass is 10.4. The van der Waals surface area contributed by atoms with E-state index in [4.69, 9.17) is 0 Å². The predicted molar refractivity (Wildman–Crippen MR) is 45.2 cm³/mol. The van der Waals surface area contributed by atoms with E-state index in [2.05, 4.69) is 18.4 Å². The molecule has 0 spiro atoms. The zero-order valence-electron chi connectivity index (χ0n) is 4.91. The van der Waals surface area contributed by atoms with E-state index in [1.54, 1.807) is 10.8 Å². The molecule has 0 aliphatic carbocycles. The summed E-state index contributed by atoms with van der Waals surface area (Å²) in [6.45, 7) is 0. The Bertz CT molecular complexity index is 160. The van der Waals surface area contributed by atoms with Crippen LogP contribution in [0.3, 0.4) is 0 Å². The molecule has 2 heteroatoms. The largest absolute Gasteiger partial charge is 0.0881 e. The third-order valence-corrected chi connectivity index (χ3v) is 2.41. The van der Waals surface area contributed by atoms with Crippen molar-refractivity contribution in [3.8, 4) is 0 Å². The Morgan fingerprint density at radius 1 is 1.11 bits per heavy atom. The monoisotopic (exact) mass is 155 g/mol. The third-order valence-electron chi connectivity index (χ3n) is 0.898. The molecule has 0 amide bonds. The van der Waals surface area contributed by atoms with Gasteiger partial charge in [0.2, 0.25) is 0 Å². The summed E-state index contributed by atoms with van der Waals surface area (Å²) in [5, 5.41) is 0. The molecule has 0 saturated heterocycles. The summed E-state index contributed by atoms with van der Waals surface area (Å²) >= 11 is 0. The van der Waals surface area contributed by atoms with E-state index >= 15 is 0 Å². The molecule has 9 heavy (non-hydrogen) atoms. The molecule has 1 aromatic carbocycles. The van der Waals surface area contributed by atoms with Crippen LogP contribution in [0.1, 0.15) is 0 Å². The van der Waals surface area contributed by atoms with Gasteiger partial charge in [-0.15, -0.1) is 0 Å². The van der Waals surface area contributed by atoms with Crippen LogP contribution in [0.15, 0.2) is 35.2 Å². The van der Waals surface area contributed by atoms with Crippen molar-refractivity contribution in [3.63, 3.8) is 0 Å². The topological polar surface area (TPSA) is 0 Å². The second-order valence-corrected chi connectivity index (χ2v) is 3.60. The average molecular weight is 155 g/mol. The molecule has 0 fully saturated rings. The summed E-state index contributed by atoms with van der Waals surface area (Å²) in [6.07, 6.45) is 3.66. The zero-order valence-corrected chi connectivity index (χ0v) is 6.54. The maximum absolute atomic E-state index is 3.66. The molecule has 1 rings (SSSR count). The lowest BCUT2D eigenvalue weighted by Crippen LogP contribution is -1.61. The third kappa shape index (κ3) is 2.33. The first-order valence-corrected chi connectivity index (χ1v) is 4.89. The summed E-state index contributed by atoms with van der Waals surface area (Å²) < 4.78 is 0. The van der Waals surface area contributed by atoms with Gasteiger partial charge in [0, 0.05) is 11.2 Å². The van der Waals surface area contributed by atoms with Crippen molar-refractivity contribution in [1.82, 2.24) is 0 Å². The van der Waals surface area contributed by atoms with E-state index in [0.29, 0.717) is 0 Å². The Morgan fingerprint density at radius 3 is 2.33 bits per heavy atom. The van der Waals surface area contributed by atoms with Gasteiger partial charge in [-0.3, -0.25) is 0 Å². The van der Waals surface area contributed by atoms with Gasteiger partial charge in [0.25, 0.3) is 0 Å². The molecule has 0 heterocycles. The van der Waals surface area contributed by atoms with Crippen LogP contribution in [0.4, 0.5) is 0 Å². The van der Waals surface area contributed by atoms with Gasteiger partial charge in [0.1, 0.15) is 0 Å². The second kappa shape index (κ2) is 3.85. The Labute approximate surface area is 63.4 Å². The van der Waals surface area contributed by atoms with Crippen LogP contribution in [-0.2, 0) is 0 Å². The quantitative estimate of drug-likeness (QED) is 0.601. The van der Waals surface area contributed by atoms with Gasteiger partial charge in [-0.1, -0.05) is 39.8 Å². The van der Waals surface area contributed by atoms with Crippen LogP contribution in [0.2, 0.25) is 0 Å². The SMILES string of the molecule is [CH2]SSc1ccccc1. The van der Waals surface area contributed by atoms with Crippen LogP contribution >= 0.6 is 21.6 Å². The van der Waals surface area contributed by atoms with Crippen LogP contribution in [-0.4, -0.2) is 0 Å². The van der Waals surface area contributed by atoms with E-state index in [1.165, 1.54) is 15.7 Å². The number of hydrogen-bond acceptors (Lipinski definition) is 2. The summed E-state index contributed by atoms with van der Waals surface area (Å²) in [4.78, 5) is 1.26. The Balaban J connectivity index is 2.61. The van der Waals surface area contributed by atoms with Gasteiger partial charge in [-0.2, -0.15) is 0 Å². The number of hydrogen-bond donors (Lipinski definition) is 0. The summed E-state index contributed by atoms with van der Waals surface area (Å²) in [5.74, 6) is 0. The first kappa shape index (κ1) is 7.03. The van der Waals surface area contributed by atoms with Gasteiger partial charge in [-0.05, 0) is 12.1 Å². The molecular formula is C7H7S2. The van der Waals surface area contributed by atoms with E-state index in [1.807, 2.05) is 18.2 Å². The zero-order chi connectivity index (χ0) is 6.53. The lowest BCUT2D eigenvalue weighted by Gasteiger charge is -1.92. The molecule has 0 aromatic heterocycles. The maximum atomic E-state index is 3.66. The summed E-state index contributed by atoms with van der Waals surface area (Å²) in [7, 11) is 3.20. The highest BCUT2D eigenvalue weighted by molar-refractivity contribution is 8.77. The molecule has 1 aromatic rings. The van der Waals surface area contributed by atoms with E-state index in [0.717, 1.165) is 0 Å². The van der Waals surface area contributed by atoms with Gasteiger partial charge >= 0.3 is 0 Å². The van der Waals surface area contributed by atoms with Gasteiger partial charge in [0.05, 0.1) is 0 Å². The minimum atomic E-state index is 1.26. The van der Waals surface area contributed by atoms with Crippen LogP contribution < -0.4 is 0 Å². The van der Waals surface area contributed by atoms with Crippen molar-refractivity contribution < 1.29 is 0 Å². The van der Waals surface area contributed by atoms with Crippen LogP contribution in [0.25, 0.3) is 0 Å². The second-order valence-electron chi connectivity index (χ2n) is 1.51. The number of benzene rings is 1. The van der Waals surface area contributed by atoms with Gasteiger partial charge in [-0.25, -0.2) is 0 Å². The minimum Gasteiger partial charge on any atom is -0.0881 e. The van der Waals surface area contributed by atoms with E-state index < -0.39 is 0 Å². The smallest absolute Gasteiger partial charge is 0.0182 e. The van der Waals surface area contributed by atoms with E-state index in [-0.39, 0.29) is 0 Å². The highest BCUT2D eigenvalue weighted by Gasteiger charge is 1.85. The predicted octanol–water partition coefficient (Wildman–Crippen LogP) is 3.22. The minimum absolute atomic E-state index is 1.26. The van der Waals surface area contributed by atoms with Crippen molar-refractivity contribution in [3.05, 3.63) is 36.6 Å². The van der Waals surface area contributed by atoms with Crippen molar-refractivity contribution >= 4 is 21.6 Å². The molecule has 47 valence electrons. The number of rotatable bonds is 2. The van der Waals surface area contributed by atoms with Crippen molar-refractivity contribution in [2.45, 2.75) is 4.90 Å². The fourth-order valence-electron chi connectivity index (χ4n) is 0.544. The fraction of sp³-hybridized carbons (Fsp3) is 0. The van der Waals surface area contributed by atoms with Crippen molar-refractivity contribution in [2.24, 2.45) is 0 Å². The fourth-order valence-corrected chi connectivity index (χ4v) is 1.69. The Morgan fingerprint density at radius 2 is 1.78 bits per heavy atom. The maximum Gasteiger partial charge on any atom is 0.0182 e. The summed E-state index contributed by atoms with van der Waals surface area (Å²) in [5.41, 5.74) is 0. The van der Waals surface area contributed by atoms with E-state index in [9.17, 15) is 0 Å². The first-order valence-electron chi connectivity index (χ1n) is 2.57. The van der Waals surface area contributed by atoms with Crippen molar-refractivity contribution in [2.75, 3.05) is 0 Å². The molecule has 0 saturated carbocycles. The molecule has 1 radical (unpaired) electrons. The molecule has 0 N–H and O–H groups in total. The van der Waals surface area contributed by atoms with Gasteiger partial charge < -0.3 is 0 Å². The van der Waals surface area contributed by atoms with Gasteiger partial charge in [0.15, 0.2) is 0 Å².